The molecule has 5 nitrogen and oxygen atoms in total. The molecule has 0 saturated heterocycles. The molecule has 1 saturated carbocycles. The zero-order valence-corrected chi connectivity index (χ0v) is 24.4. The summed E-state index contributed by atoms with van der Waals surface area (Å²) in [5, 5.41) is 11.2. The topological polar surface area (TPSA) is 76.5 Å². The van der Waals surface area contributed by atoms with Gasteiger partial charge in [-0.25, -0.2) is 9.78 Å². The van der Waals surface area contributed by atoms with Crippen molar-refractivity contribution in [3.05, 3.63) is 112 Å². The fourth-order valence-electron chi connectivity index (χ4n) is 5.60. The van der Waals surface area contributed by atoms with Gasteiger partial charge in [0, 0.05) is 15.7 Å². The van der Waals surface area contributed by atoms with Gasteiger partial charge in [0.05, 0.1) is 30.3 Å². The average Bonchev–Trinajstić information content (AvgIpc) is 3.75. The molecule has 1 aliphatic rings. The lowest BCUT2D eigenvalue weighted by Crippen LogP contribution is -2.27. The van der Waals surface area contributed by atoms with Gasteiger partial charge in [0.2, 0.25) is 0 Å². The lowest BCUT2D eigenvalue weighted by atomic mass is 9.80. The third-order valence-electron chi connectivity index (χ3n) is 8.01. The van der Waals surface area contributed by atoms with Gasteiger partial charge in [0.15, 0.2) is 0 Å². The number of carbonyl (C=O) groups is 2. The number of esters is 1. The molecule has 2 unspecified atom stereocenters. The summed E-state index contributed by atoms with van der Waals surface area (Å²) in [6, 6.07) is 25.4. The molecule has 0 radical (unpaired) electrons. The van der Waals surface area contributed by atoms with E-state index in [9.17, 15) is 14.7 Å². The van der Waals surface area contributed by atoms with Gasteiger partial charge in [-0.15, -0.1) is 0 Å². The molecule has 1 fully saturated rings. The van der Waals surface area contributed by atoms with Crippen molar-refractivity contribution in [2.45, 2.75) is 43.3 Å². The Bertz CT molecular complexity index is 1610. The van der Waals surface area contributed by atoms with E-state index in [2.05, 4.69) is 12.1 Å². The lowest BCUT2D eigenvalue weighted by molar-refractivity contribution is -0.138. The number of hydrogen-bond acceptors (Lipinski definition) is 5. The molecular weight excluding hydrogens is 554 g/mol. The van der Waals surface area contributed by atoms with Crippen LogP contribution in [0.1, 0.15) is 64.3 Å². The number of rotatable bonds is 11. The van der Waals surface area contributed by atoms with E-state index in [0.717, 1.165) is 46.1 Å². The van der Waals surface area contributed by atoms with Crippen molar-refractivity contribution in [2.75, 3.05) is 7.11 Å². The first kappa shape index (κ1) is 28.9. The summed E-state index contributed by atoms with van der Waals surface area (Å²) in [5.74, 6) is -1.17. The smallest absolute Gasteiger partial charge is 0.338 e. The predicted molar refractivity (Wildman–Crippen MR) is 168 cm³/mol. The van der Waals surface area contributed by atoms with E-state index in [1.807, 2.05) is 72.8 Å². The number of carbonyl (C=O) groups excluding carboxylic acids is 1. The Labute approximate surface area is 250 Å². The maximum Gasteiger partial charge on any atom is 0.338 e. The molecule has 5 rings (SSSR count). The number of aliphatic carboxylic acids is 1. The van der Waals surface area contributed by atoms with Crippen LogP contribution in [0.2, 0.25) is 5.02 Å². The van der Waals surface area contributed by atoms with Gasteiger partial charge in [-0.05, 0) is 84.0 Å². The van der Waals surface area contributed by atoms with E-state index in [-0.39, 0.29) is 29.0 Å². The molecule has 1 heterocycles. The van der Waals surface area contributed by atoms with Crippen LogP contribution in [0.25, 0.3) is 23.1 Å². The van der Waals surface area contributed by atoms with Gasteiger partial charge in [-0.3, -0.25) is 4.79 Å². The SMILES string of the molecule is COC(=O)c1ccccc1CCC(c1cccc(C=Cc2ccc3ccc(Cl)cc3n2)c1)C(S)C1(CC(=O)O)CC1. The Kier molecular flexibility index (Phi) is 8.81. The molecular formula is C34H32ClNO4S. The highest BCUT2D eigenvalue weighted by atomic mass is 35.5. The second-order valence-electron chi connectivity index (χ2n) is 10.7. The molecule has 1 N–H and O–H groups in total. The quantitative estimate of drug-likeness (QED) is 0.137. The van der Waals surface area contributed by atoms with Crippen LogP contribution in [0.3, 0.4) is 0 Å². The van der Waals surface area contributed by atoms with E-state index < -0.39 is 5.97 Å². The van der Waals surface area contributed by atoms with Gasteiger partial charge in [-0.2, -0.15) is 12.6 Å². The Morgan fingerprint density at radius 3 is 2.59 bits per heavy atom. The number of halogens is 1. The number of ether oxygens (including phenoxy) is 1. The largest absolute Gasteiger partial charge is 0.481 e. The van der Waals surface area contributed by atoms with Gasteiger partial charge < -0.3 is 9.84 Å². The number of aromatic nitrogens is 1. The minimum Gasteiger partial charge on any atom is -0.481 e. The van der Waals surface area contributed by atoms with Crippen molar-refractivity contribution in [3.63, 3.8) is 0 Å². The maximum atomic E-state index is 12.4. The van der Waals surface area contributed by atoms with Crippen molar-refractivity contribution in [2.24, 2.45) is 5.41 Å². The van der Waals surface area contributed by atoms with Gasteiger partial charge in [0.1, 0.15) is 0 Å². The first-order valence-electron chi connectivity index (χ1n) is 13.7. The van der Waals surface area contributed by atoms with Crippen LogP contribution in [-0.4, -0.2) is 34.4 Å². The minimum absolute atomic E-state index is 0.0137. The van der Waals surface area contributed by atoms with Crippen LogP contribution in [0.4, 0.5) is 0 Å². The molecule has 4 aromatic rings. The van der Waals surface area contributed by atoms with Crippen LogP contribution in [-0.2, 0) is 16.0 Å². The Hall–Kier alpha value is -3.61. The summed E-state index contributed by atoms with van der Waals surface area (Å²) in [4.78, 5) is 28.8. The molecule has 0 aliphatic heterocycles. The minimum atomic E-state index is -0.794. The molecule has 0 amide bonds. The van der Waals surface area contributed by atoms with Crippen molar-refractivity contribution < 1.29 is 19.4 Å². The first-order valence-corrected chi connectivity index (χ1v) is 14.6. The lowest BCUT2D eigenvalue weighted by Gasteiger charge is -2.31. The summed E-state index contributed by atoms with van der Waals surface area (Å²) in [7, 11) is 1.38. The Morgan fingerprint density at radius 2 is 1.83 bits per heavy atom. The number of aryl methyl sites for hydroxylation is 1. The van der Waals surface area contributed by atoms with E-state index in [4.69, 9.17) is 34.0 Å². The normalized spacial score (nSPS) is 15.5. The third kappa shape index (κ3) is 6.83. The van der Waals surface area contributed by atoms with E-state index in [0.29, 0.717) is 23.4 Å². The van der Waals surface area contributed by atoms with Gasteiger partial charge in [0.25, 0.3) is 0 Å². The molecule has 0 bridgehead atoms. The Morgan fingerprint density at radius 1 is 1.05 bits per heavy atom. The average molecular weight is 586 g/mol. The van der Waals surface area contributed by atoms with Crippen LogP contribution >= 0.6 is 24.2 Å². The molecule has 3 aromatic carbocycles. The van der Waals surface area contributed by atoms with Crippen molar-refractivity contribution in [3.8, 4) is 0 Å². The first-order chi connectivity index (χ1) is 19.8. The van der Waals surface area contributed by atoms with Crippen LogP contribution < -0.4 is 0 Å². The highest BCUT2D eigenvalue weighted by Gasteiger charge is 2.51. The number of benzene rings is 3. The molecule has 7 heteroatoms. The van der Waals surface area contributed by atoms with Crippen molar-refractivity contribution >= 4 is 59.2 Å². The molecule has 0 spiro atoms. The number of carboxylic acid groups (broad SMARTS) is 1. The second kappa shape index (κ2) is 12.5. The highest BCUT2D eigenvalue weighted by molar-refractivity contribution is 7.81. The standard InChI is InChI=1S/C34H32ClNO4S/c1-40-33(39)29-8-3-2-6-23(29)12-16-28(32(41)34(17-18-34)21-31(37)38)25-7-4-5-22(19-25)9-14-27-15-11-24-10-13-26(35)20-30(24)36-27/h2-11,13-15,19-20,28,32,41H,12,16-18,21H2,1H3,(H,37,38). The number of carboxylic acids is 1. The predicted octanol–water partition coefficient (Wildman–Crippen LogP) is 8.11. The van der Waals surface area contributed by atoms with Crippen molar-refractivity contribution in [1.29, 1.82) is 0 Å². The summed E-state index contributed by atoms with van der Waals surface area (Å²) < 4.78 is 4.99. The van der Waals surface area contributed by atoms with E-state index >= 15 is 0 Å². The number of pyridine rings is 1. The molecule has 2 atom stereocenters. The molecule has 210 valence electrons. The van der Waals surface area contributed by atoms with Crippen LogP contribution in [0.15, 0.2) is 78.9 Å². The molecule has 1 aliphatic carbocycles. The zero-order valence-electron chi connectivity index (χ0n) is 22.8. The van der Waals surface area contributed by atoms with Gasteiger partial charge >= 0.3 is 11.9 Å². The number of methoxy groups -OCH3 is 1. The fourth-order valence-corrected chi connectivity index (χ4v) is 6.44. The summed E-state index contributed by atoms with van der Waals surface area (Å²) >= 11 is 11.2. The Balaban J connectivity index is 1.43. The van der Waals surface area contributed by atoms with Crippen molar-refractivity contribution in [1.82, 2.24) is 4.98 Å². The number of fused-ring (bicyclic) bond motifs is 1. The maximum absolute atomic E-state index is 12.4. The number of nitrogens with zero attached hydrogens (tertiary/aromatic N) is 1. The summed E-state index contributed by atoms with van der Waals surface area (Å²) in [6.07, 6.45) is 7.16. The zero-order chi connectivity index (χ0) is 29.0. The molecule has 41 heavy (non-hydrogen) atoms. The van der Waals surface area contributed by atoms with E-state index in [1.165, 1.54) is 7.11 Å². The van der Waals surface area contributed by atoms with E-state index in [1.54, 1.807) is 6.07 Å². The summed E-state index contributed by atoms with van der Waals surface area (Å²) in [6.45, 7) is 0. The van der Waals surface area contributed by atoms with Crippen LogP contribution in [0, 0.1) is 5.41 Å². The van der Waals surface area contributed by atoms with Gasteiger partial charge in [-0.1, -0.05) is 72.3 Å². The monoisotopic (exact) mass is 585 g/mol. The molecule has 1 aromatic heterocycles. The number of hydrogen-bond donors (Lipinski definition) is 2. The highest BCUT2D eigenvalue weighted by Crippen LogP contribution is 2.58. The second-order valence-corrected chi connectivity index (χ2v) is 11.7. The summed E-state index contributed by atoms with van der Waals surface area (Å²) in [5.41, 5.74) is 4.91. The van der Waals surface area contributed by atoms with Crippen LogP contribution in [0.5, 0.6) is 0 Å². The fraction of sp³-hybridized carbons (Fsp3) is 0.265. The third-order valence-corrected chi connectivity index (χ3v) is 9.16. The number of thiol groups is 1.